The van der Waals surface area contributed by atoms with Crippen molar-refractivity contribution >= 4 is 12.2 Å². The van der Waals surface area contributed by atoms with Gasteiger partial charge >= 0.3 is 6.09 Å². The smallest absolute Gasteiger partial charge is 0.410 e. The highest BCUT2D eigenvalue weighted by Gasteiger charge is 2.49. The Hall–Kier alpha value is -1.81. The molecule has 0 radical (unpaired) electrons. The van der Waals surface area contributed by atoms with Crippen LogP contribution >= 0.6 is 0 Å². The number of nitrogens with one attached hydrogen (secondary N) is 1. The fraction of sp³-hybridized carbons (Fsp3) is 0.654. The van der Waals surface area contributed by atoms with E-state index in [9.17, 15) is 4.79 Å². The topological polar surface area (TPSA) is 41.6 Å². The van der Waals surface area contributed by atoms with E-state index in [2.05, 4.69) is 48.6 Å². The van der Waals surface area contributed by atoms with E-state index in [1.807, 2.05) is 25.7 Å². The maximum absolute atomic E-state index is 12.3. The van der Waals surface area contributed by atoms with Gasteiger partial charge in [-0.2, -0.15) is 0 Å². The van der Waals surface area contributed by atoms with E-state index in [1.165, 1.54) is 24.8 Å². The van der Waals surface area contributed by atoms with Crippen molar-refractivity contribution in [3.63, 3.8) is 0 Å². The molecular weight excluding hydrogens is 372 g/mol. The molecular formula is C26H38N2O2. The summed E-state index contributed by atoms with van der Waals surface area (Å²) in [6.07, 6.45) is 9.42. The molecule has 1 heterocycles. The second-order valence-electron chi connectivity index (χ2n) is 10.7. The highest BCUT2D eigenvalue weighted by molar-refractivity contribution is 5.68. The van der Waals surface area contributed by atoms with E-state index < -0.39 is 5.60 Å². The Morgan fingerprint density at radius 2 is 1.87 bits per heavy atom. The number of piperidine rings is 1. The summed E-state index contributed by atoms with van der Waals surface area (Å²) in [6, 6.07) is 12.0. The summed E-state index contributed by atoms with van der Waals surface area (Å²) in [7, 11) is 0. The molecule has 1 saturated heterocycles. The van der Waals surface area contributed by atoms with Crippen LogP contribution in [0.1, 0.15) is 71.8 Å². The van der Waals surface area contributed by atoms with Crippen LogP contribution in [0.2, 0.25) is 0 Å². The lowest BCUT2D eigenvalue weighted by Gasteiger charge is -2.52. The maximum Gasteiger partial charge on any atom is 0.410 e. The molecule has 1 aromatic carbocycles. The molecule has 4 heteroatoms. The Balaban J connectivity index is 1.21. The van der Waals surface area contributed by atoms with Gasteiger partial charge in [-0.25, -0.2) is 4.79 Å². The van der Waals surface area contributed by atoms with Gasteiger partial charge in [-0.15, -0.1) is 0 Å². The normalized spacial score (nSPS) is 26.4. The fourth-order valence-corrected chi connectivity index (χ4v) is 5.33. The predicted octanol–water partition coefficient (Wildman–Crippen LogP) is 5.64. The lowest BCUT2D eigenvalue weighted by Crippen LogP contribution is -2.55. The molecule has 1 amide bonds. The van der Waals surface area contributed by atoms with E-state index in [4.69, 9.17) is 4.74 Å². The van der Waals surface area contributed by atoms with Crippen molar-refractivity contribution in [2.24, 2.45) is 11.3 Å². The lowest BCUT2D eigenvalue weighted by molar-refractivity contribution is -0.0165. The van der Waals surface area contributed by atoms with Crippen molar-refractivity contribution in [1.82, 2.24) is 10.2 Å². The number of hydrogen-bond donors (Lipinski definition) is 1. The number of amides is 1. The molecule has 3 aliphatic rings. The molecule has 4 nitrogen and oxygen atoms in total. The van der Waals surface area contributed by atoms with Crippen LogP contribution in [0.25, 0.3) is 6.08 Å². The number of rotatable bonds is 5. The van der Waals surface area contributed by atoms with Gasteiger partial charge in [0.1, 0.15) is 5.60 Å². The van der Waals surface area contributed by atoms with E-state index in [0.29, 0.717) is 23.4 Å². The molecule has 4 rings (SSSR count). The summed E-state index contributed by atoms with van der Waals surface area (Å²) in [6.45, 7) is 9.76. The van der Waals surface area contributed by atoms with E-state index >= 15 is 0 Å². The minimum absolute atomic E-state index is 0.149. The quantitative estimate of drug-likeness (QED) is 0.683. The number of hydrogen-bond acceptors (Lipinski definition) is 3. The van der Waals surface area contributed by atoms with Gasteiger partial charge < -0.3 is 15.0 Å². The summed E-state index contributed by atoms with van der Waals surface area (Å²) in [5.74, 6) is 0.709. The fourth-order valence-electron chi connectivity index (χ4n) is 5.33. The zero-order valence-corrected chi connectivity index (χ0v) is 19.1. The van der Waals surface area contributed by atoms with Crippen molar-refractivity contribution in [3.8, 4) is 0 Å². The Kier molecular flexibility index (Phi) is 5.98. The van der Waals surface area contributed by atoms with E-state index in [1.54, 1.807) is 5.57 Å². The van der Waals surface area contributed by atoms with E-state index in [-0.39, 0.29) is 6.09 Å². The highest BCUT2D eigenvalue weighted by Crippen LogP contribution is 2.51. The molecule has 1 aliphatic heterocycles. The first kappa shape index (κ1) is 21.4. The first-order valence-corrected chi connectivity index (χ1v) is 11.8. The summed E-state index contributed by atoms with van der Waals surface area (Å²) < 4.78 is 5.54. The van der Waals surface area contributed by atoms with Crippen molar-refractivity contribution in [2.45, 2.75) is 83.9 Å². The van der Waals surface area contributed by atoms with Crippen LogP contribution < -0.4 is 5.32 Å². The van der Waals surface area contributed by atoms with Crippen molar-refractivity contribution < 1.29 is 9.53 Å². The minimum atomic E-state index is -0.412. The molecule has 2 aliphatic carbocycles. The molecule has 30 heavy (non-hydrogen) atoms. The molecule has 1 spiro atoms. The Morgan fingerprint density at radius 3 is 2.47 bits per heavy atom. The van der Waals surface area contributed by atoms with Crippen molar-refractivity contribution in [3.05, 3.63) is 41.5 Å². The van der Waals surface area contributed by atoms with Gasteiger partial charge in [-0.05, 0) is 76.2 Å². The zero-order valence-electron chi connectivity index (χ0n) is 19.1. The second kappa shape index (κ2) is 8.37. The number of ether oxygens (including phenoxy) is 1. The monoisotopic (exact) mass is 410 g/mol. The third kappa shape index (κ3) is 5.08. The van der Waals surface area contributed by atoms with Crippen LogP contribution in [0.3, 0.4) is 0 Å². The second-order valence-corrected chi connectivity index (χ2v) is 10.7. The van der Waals surface area contributed by atoms with Gasteiger partial charge in [-0.1, -0.05) is 48.9 Å². The van der Waals surface area contributed by atoms with Crippen LogP contribution in [-0.4, -0.2) is 41.8 Å². The number of benzene rings is 1. The maximum atomic E-state index is 12.3. The highest BCUT2D eigenvalue weighted by atomic mass is 16.6. The van der Waals surface area contributed by atoms with Crippen LogP contribution in [-0.2, 0) is 4.74 Å². The molecule has 2 saturated carbocycles. The molecule has 1 aromatic rings. The zero-order chi connectivity index (χ0) is 21.4. The average molecular weight is 411 g/mol. The first-order valence-electron chi connectivity index (χ1n) is 11.8. The predicted molar refractivity (Wildman–Crippen MR) is 122 cm³/mol. The molecule has 1 N–H and O–H groups in total. The Morgan fingerprint density at radius 1 is 1.20 bits per heavy atom. The third-order valence-corrected chi connectivity index (χ3v) is 7.11. The number of carbonyl (C=O) groups excluding carboxylic acids is 1. The van der Waals surface area contributed by atoms with Crippen LogP contribution in [0.15, 0.2) is 35.9 Å². The van der Waals surface area contributed by atoms with Gasteiger partial charge in [0.2, 0.25) is 0 Å². The lowest BCUT2D eigenvalue weighted by atomic mass is 9.60. The Labute approximate surface area is 182 Å². The van der Waals surface area contributed by atoms with E-state index in [0.717, 1.165) is 32.4 Å². The van der Waals surface area contributed by atoms with Gasteiger partial charge in [0.25, 0.3) is 0 Å². The molecule has 3 fully saturated rings. The summed E-state index contributed by atoms with van der Waals surface area (Å²) in [5.41, 5.74) is 2.94. The third-order valence-electron chi connectivity index (χ3n) is 7.11. The van der Waals surface area contributed by atoms with Gasteiger partial charge in [-0.3, -0.25) is 0 Å². The van der Waals surface area contributed by atoms with Crippen molar-refractivity contribution in [2.75, 3.05) is 13.1 Å². The SMILES string of the molecule is CC/C(=C\c1ccccc1)C1CC1NC1CC2(CCN(C(=O)OC(C)(C)C)CC2)C1. The van der Waals surface area contributed by atoms with Gasteiger partial charge in [0.05, 0.1) is 0 Å². The molecule has 164 valence electrons. The van der Waals surface area contributed by atoms with Crippen LogP contribution in [0.4, 0.5) is 4.79 Å². The van der Waals surface area contributed by atoms with Crippen LogP contribution in [0.5, 0.6) is 0 Å². The van der Waals surface area contributed by atoms with Gasteiger partial charge in [0.15, 0.2) is 0 Å². The molecule has 0 bridgehead atoms. The summed E-state index contributed by atoms with van der Waals surface area (Å²) in [4.78, 5) is 14.2. The van der Waals surface area contributed by atoms with Gasteiger partial charge in [0, 0.05) is 25.2 Å². The minimum Gasteiger partial charge on any atom is -0.444 e. The number of likely N-dealkylation sites (tertiary alicyclic amines) is 1. The molecule has 2 unspecified atom stereocenters. The van der Waals surface area contributed by atoms with Crippen molar-refractivity contribution in [1.29, 1.82) is 0 Å². The average Bonchev–Trinajstić information content (AvgIpc) is 3.44. The number of nitrogens with zero attached hydrogens (tertiary/aromatic N) is 1. The Bertz CT molecular complexity index is 764. The number of carbonyl (C=O) groups is 1. The summed E-state index contributed by atoms with van der Waals surface area (Å²) >= 11 is 0. The summed E-state index contributed by atoms with van der Waals surface area (Å²) in [5, 5.41) is 3.93. The van der Waals surface area contributed by atoms with Crippen LogP contribution in [0, 0.1) is 11.3 Å². The molecule has 2 atom stereocenters. The largest absolute Gasteiger partial charge is 0.444 e. The first-order chi connectivity index (χ1) is 14.3. The standard InChI is InChI=1S/C26H38N2O2/c1-5-20(15-19-9-7-6-8-10-19)22-16-23(22)27-21-17-26(18-21)11-13-28(14-12-26)24(29)30-25(2,3)4/h6-10,15,21-23,27H,5,11-14,16-18H2,1-4H3/b20-15+. The molecule has 0 aromatic heterocycles.